The molecule has 0 saturated heterocycles. The van der Waals surface area contributed by atoms with Crippen molar-refractivity contribution in [3.63, 3.8) is 0 Å². The number of hydrogen-bond donors (Lipinski definition) is 2. The fraction of sp³-hybridized carbons (Fsp3) is 0.429. The number of aliphatic hydroxyl groups excluding tert-OH is 2. The summed E-state index contributed by atoms with van der Waals surface area (Å²) in [7, 11) is 1.88. The van der Waals surface area contributed by atoms with Gasteiger partial charge in [-0.25, -0.2) is 9.97 Å². The molecule has 0 aliphatic carbocycles. The van der Waals surface area contributed by atoms with Crippen molar-refractivity contribution < 1.29 is 14.9 Å². The maximum absolute atomic E-state index is 10.3. The summed E-state index contributed by atoms with van der Waals surface area (Å²) >= 11 is 7.91. The second kappa shape index (κ2) is 11.1. The Labute approximate surface area is 185 Å². The number of thioether (sulfide) groups is 1. The summed E-state index contributed by atoms with van der Waals surface area (Å²) in [6.45, 7) is 1.15. The van der Waals surface area contributed by atoms with Crippen LogP contribution in [0.15, 0.2) is 42.9 Å². The molecule has 0 aliphatic rings. The molecule has 3 aromatic rings. The predicted molar refractivity (Wildman–Crippen MR) is 120 cm³/mol. The van der Waals surface area contributed by atoms with Gasteiger partial charge in [-0.1, -0.05) is 41.9 Å². The van der Waals surface area contributed by atoms with E-state index in [1.807, 2.05) is 59.3 Å². The summed E-state index contributed by atoms with van der Waals surface area (Å²) in [4.78, 5) is 10.5. The third-order valence-corrected chi connectivity index (χ3v) is 5.93. The highest BCUT2D eigenvalue weighted by atomic mass is 35.5. The molecule has 0 amide bonds. The minimum absolute atomic E-state index is 0.132. The Kier molecular flexibility index (Phi) is 8.50. The molecule has 2 atom stereocenters. The molecule has 2 N–H and O–H groups in total. The van der Waals surface area contributed by atoms with Gasteiger partial charge < -0.3 is 19.5 Å². The van der Waals surface area contributed by atoms with Crippen LogP contribution in [0.25, 0.3) is 11.0 Å². The topological polar surface area (TPSA) is 83.6 Å². The van der Waals surface area contributed by atoms with Crippen molar-refractivity contribution in [3.05, 3.63) is 59.1 Å². The van der Waals surface area contributed by atoms with E-state index in [1.165, 1.54) is 6.33 Å². The molecule has 2 heterocycles. The first-order valence-corrected chi connectivity index (χ1v) is 11.4. The van der Waals surface area contributed by atoms with Crippen molar-refractivity contribution in [2.24, 2.45) is 0 Å². The number of aliphatic hydroxyl groups is 2. The summed E-state index contributed by atoms with van der Waals surface area (Å²) in [5, 5.41) is 20.5. The van der Waals surface area contributed by atoms with Crippen LogP contribution in [0, 0.1) is 0 Å². The maximum Gasteiger partial charge on any atom is 0.156 e. The van der Waals surface area contributed by atoms with Crippen LogP contribution in [0.5, 0.6) is 0 Å². The van der Waals surface area contributed by atoms with E-state index in [2.05, 4.69) is 9.97 Å². The van der Waals surface area contributed by atoms with Crippen LogP contribution in [-0.4, -0.2) is 67.5 Å². The first-order chi connectivity index (χ1) is 14.5. The van der Waals surface area contributed by atoms with Crippen LogP contribution < -0.4 is 0 Å². The Hall–Kier alpha value is -1.68. The average molecular weight is 451 g/mol. The van der Waals surface area contributed by atoms with E-state index in [-0.39, 0.29) is 12.6 Å². The zero-order valence-corrected chi connectivity index (χ0v) is 18.7. The fourth-order valence-corrected chi connectivity index (χ4v) is 4.24. The van der Waals surface area contributed by atoms with Gasteiger partial charge in [0.2, 0.25) is 0 Å². The highest BCUT2D eigenvalue weighted by Crippen LogP contribution is 2.26. The Morgan fingerprint density at radius 3 is 2.73 bits per heavy atom. The highest BCUT2D eigenvalue weighted by Gasteiger charge is 2.24. The molecule has 0 radical (unpaired) electrons. The van der Waals surface area contributed by atoms with Gasteiger partial charge in [-0.3, -0.25) is 4.90 Å². The average Bonchev–Trinajstić information content (AvgIpc) is 3.08. The number of halogens is 1. The third-order valence-electron chi connectivity index (χ3n) is 4.98. The minimum Gasteiger partial charge on any atom is -0.395 e. The van der Waals surface area contributed by atoms with Crippen LogP contribution in [0.4, 0.5) is 0 Å². The molecule has 162 valence electrons. The van der Waals surface area contributed by atoms with E-state index >= 15 is 0 Å². The first-order valence-electron chi connectivity index (χ1n) is 9.63. The zero-order valence-electron chi connectivity index (χ0n) is 17.1. The highest BCUT2D eigenvalue weighted by molar-refractivity contribution is 7.98. The number of aromatic nitrogens is 3. The molecule has 0 saturated carbocycles. The quantitative estimate of drug-likeness (QED) is 0.434. The van der Waals surface area contributed by atoms with E-state index in [9.17, 15) is 10.2 Å². The molecule has 0 unspecified atom stereocenters. The van der Waals surface area contributed by atoms with Crippen molar-refractivity contribution in [1.82, 2.24) is 19.4 Å². The smallest absolute Gasteiger partial charge is 0.156 e. The first kappa shape index (κ1) is 23.0. The lowest BCUT2D eigenvalue weighted by atomic mass is 10.1. The molecule has 0 bridgehead atoms. The number of hydrogen-bond acceptors (Lipinski definition) is 7. The van der Waals surface area contributed by atoms with Gasteiger partial charge in [0.15, 0.2) is 5.15 Å². The van der Waals surface area contributed by atoms with E-state index < -0.39 is 6.10 Å². The molecule has 3 rings (SSSR count). The second-order valence-corrected chi connectivity index (χ2v) is 8.41. The van der Waals surface area contributed by atoms with E-state index in [0.29, 0.717) is 36.3 Å². The lowest BCUT2D eigenvalue weighted by Gasteiger charge is -2.30. The molecule has 1 aromatic carbocycles. The Bertz CT molecular complexity index is 941. The molecule has 0 fully saturated rings. The van der Waals surface area contributed by atoms with Crippen molar-refractivity contribution in [2.75, 3.05) is 25.7 Å². The predicted octanol–water partition coefficient (Wildman–Crippen LogP) is 2.78. The van der Waals surface area contributed by atoms with E-state index in [4.69, 9.17) is 16.3 Å². The van der Waals surface area contributed by atoms with Crippen LogP contribution in [0.3, 0.4) is 0 Å². The van der Waals surface area contributed by atoms with Gasteiger partial charge in [-0.05, 0) is 18.9 Å². The summed E-state index contributed by atoms with van der Waals surface area (Å²) < 4.78 is 7.78. The van der Waals surface area contributed by atoms with Gasteiger partial charge in [-0.15, -0.1) is 0 Å². The molecular formula is C21H27ClN4O3S. The maximum atomic E-state index is 10.3. The molecule has 9 heteroatoms. The number of likely N-dealkylation sites (N-methyl/N-ethyl adjacent to an activating group) is 1. The lowest BCUT2D eigenvalue weighted by Crippen LogP contribution is -2.44. The van der Waals surface area contributed by atoms with Crippen molar-refractivity contribution in [1.29, 1.82) is 0 Å². The number of rotatable bonds is 11. The van der Waals surface area contributed by atoms with Crippen LogP contribution in [0.1, 0.15) is 11.1 Å². The van der Waals surface area contributed by atoms with Gasteiger partial charge in [0.05, 0.1) is 30.9 Å². The Balaban J connectivity index is 1.79. The number of nitrogens with zero attached hydrogens (tertiary/aromatic N) is 4. The van der Waals surface area contributed by atoms with E-state index in [1.54, 1.807) is 11.8 Å². The Morgan fingerprint density at radius 1 is 1.27 bits per heavy atom. The van der Waals surface area contributed by atoms with Gasteiger partial charge in [0.25, 0.3) is 0 Å². The molecule has 7 nitrogen and oxygen atoms in total. The van der Waals surface area contributed by atoms with Gasteiger partial charge in [-0.2, -0.15) is 11.8 Å². The van der Waals surface area contributed by atoms with Crippen molar-refractivity contribution in [3.8, 4) is 0 Å². The number of benzene rings is 1. The Morgan fingerprint density at radius 2 is 2.03 bits per heavy atom. The zero-order chi connectivity index (χ0) is 21.5. The summed E-state index contributed by atoms with van der Waals surface area (Å²) in [6.07, 6.45) is 4.69. The summed E-state index contributed by atoms with van der Waals surface area (Å²) in [6, 6.07) is 9.58. The number of ether oxygens (including phenoxy) is 1. The fourth-order valence-electron chi connectivity index (χ4n) is 3.44. The van der Waals surface area contributed by atoms with Gasteiger partial charge in [0, 0.05) is 24.1 Å². The summed E-state index contributed by atoms with van der Waals surface area (Å²) in [5.74, 6) is 0.554. The molecule has 0 aliphatic heterocycles. The monoisotopic (exact) mass is 450 g/mol. The second-order valence-electron chi connectivity index (χ2n) is 7.14. The molecule has 0 spiro atoms. The largest absolute Gasteiger partial charge is 0.395 e. The number of fused-ring (bicyclic) bond motifs is 1. The van der Waals surface area contributed by atoms with Crippen LogP contribution >= 0.6 is 23.4 Å². The molecule has 2 aromatic heterocycles. The molecular weight excluding hydrogens is 424 g/mol. The molecule has 30 heavy (non-hydrogen) atoms. The van der Waals surface area contributed by atoms with Crippen LogP contribution in [0.2, 0.25) is 5.15 Å². The lowest BCUT2D eigenvalue weighted by molar-refractivity contribution is 0.0376. The minimum atomic E-state index is -0.629. The van der Waals surface area contributed by atoms with Gasteiger partial charge >= 0.3 is 0 Å². The van der Waals surface area contributed by atoms with Crippen LogP contribution in [-0.2, 0) is 24.6 Å². The normalized spacial score (nSPS) is 13.8. The third kappa shape index (κ3) is 5.51. The van der Waals surface area contributed by atoms with Crippen molar-refractivity contribution >= 4 is 34.4 Å². The van der Waals surface area contributed by atoms with E-state index in [0.717, 1.165) is 16.6 Å². The SMILES string of the molecule is CSC[C@H](O)[C@H](CO)N(C)Cc1cn(COCc2ccccc2)c2c(Cl)ncnc12. The summed E-state index contributed by atoms with van der Waals surface area (Å²) in [5.41, 5.74) is 3.46. The standard InChI is InChI=1S/C21H27ClN4O3S/c1-25(17(10-27)18(28)12-30-2)8-16-9-26(20-19(16)23-13-24-21(20)22)14-29-11-15-6-4-3-5-7-15/h3-7,9,13,17-18,27-28H,8,10-12,14H2,1-2H3/t17-,18-/m0/s1. The van der Waals surface area contributed by atoms with Crippen molar-refractivity contribution in [2.45, 2.75) is 32.0 Å². The van der Waals surface area contributed by atoms with Gasteiger partial charge in [0.1, 0.15) is 18.6 Å².